The van der Waals surface area contributed by atoms with E-state index in [4.69, 9.17) is 11.6 Å². The number of aromatic nitrogens is 2. The van der Waals surface area contributed by atoms with Gasteiger partial charge >= 0.3 is 0 Å². The van der Waals surface area contributed by atoms with Gasteiger partial charge in [-0.2, -0.15) is 0 Å². The topological polar surface area (TPSA) is 29.9 Å². The molecular weight excluding hydrogens is 234 g/mol. The van der Waals surface area contributed by atoms with E-state index in [0.29, 0.717) is 6.04 Å². The van der Waals surface area contributed by atoms with E-state index in [2.05, 4.69) is 23.3 Å². The Hall–Kier alpha value is -1.32. The lowest BCUT2D eigenvalue weighted by Crippen LogP contribution is -2.12. The zero-order valence-electron chi connectivity index (χ0n) is 10.2. The molecule has 3 nitrogen and oxygen atoms in total. The third-order valence-electron chi connectivity index (χ3n) is 2.99. The van der Waals surface area contributed by atoms with Gasteiger partial charge < -0.3 is 9.88 Å². The predicted molar refractivity (Wildman–Crippen MR) is 70.8 cm³/mol. The summed E-state index contributed by atoms with van der Waals surface area (Å²) in [6.45, 7) is 4.06. The van der Waals surface area contributed by atoms with Crippen molar-refractivity contribution < 1.29 is 0 Å². The summed E-state index contributed by atoms with van der Waals surface area (Å²) in [7, 11) is 1.94. The second-order valence-electron chi connectivity index (χ2n) is 4.07. The second-order valence-corrected chi connectivity index (χ2v) is 4.47. The van der Waals surface area contributed by atoms with E-state index in [1.54, 1.807) is 6.20 Å². The van der Waals surface area contributed by atoms with Gasteiger partial charge in [0.05, 0.1) is 10.7 Å². The fourth-order valence-corrected chi connectivity index (χ4v) is 2.07. The van der Waals surface area contributed by atoms with Gasteiger partial charge in [0.15, 0.2) is 0 Å². The maximum absolute atomic E-state index is 6.32. The molecule has 0 bridgehead atoms. The lowest BCUT2D eigenvalue weighted by atomic mass is 10.1. The molecule has 0 aliphatic carbocycles. The Bertz CT molecular complexity index is 519. The van der Waals surface area contributed by atoms with Crippen LogP contribution in [0.15, 0.2) is 30.6 Å². The van der Waals surface area contributed by atoms with Crippen molar-refractivity contribution in [1.29, 1.82) is 0 Å². The van der Waals surface area contributed by atoms with E-state index in [1.165, 1.54) is 5.56 Å². The summed E-state index contributed by atoms with van der Waals surface area (Å²) in [6.07, 6.45) is 3.69. The molecule has 0 saturated carbocycles. The molecule has 2 rings (SSSR count). The number of halogens is 1. The molecule has 1 heterocycles. The van der Waals surface area contributed by atoms with Crippen LogP contribution >= 0.6 is 11.6 Å². The summed E-state index contributed by atoms with van der Waals surface area (Å²) in [5.41, 5.74) is 2.15. The standard InChI is InChI=1S/C13H16ClN3/c1-9(15-3)11-4-5-13(12(14)8-11)17-7-6-16-10(17)2/h4-9,15H,1-3H3. The average molecular weight is 250 g/mol. The zero-order valence-corrected chi connectivity index (χ0v) is 11.0. The zero-order chi connectivity index (χ0) is 12.4. The molecule has 1 N–H and O–H groups in total. The Labute approximate surface area is 106 Å². The number of nitrogens with zero attached hydrogens (tertiary/aromatic N) is 2. The maximum Gasteiger partial charge on any atom is 0.110 e. The van der Waals surface area contributed by atoms with Crippen LogP contribution in [0.3, 0.4) is 0 Å². The fraction of sp³-hybridized carbons (Fsp3) is 0.308. The molecule has 1 aromatic heterocycles. The second kappa shape index (κ2) is 4.90. The Kier molecular flexibility index (Phi) is 3.50. The minimum Gasteiger partial charge on any atom is -0.313 e. The van der Waals surface area contributed by atoms with E-state index in [9.17, 15) is 0 Å². The molecule has 0 aliphatic heterocycles. The molecule has 0 radical (unpaired) electrons. The third kappa shape index (κ3) is 2.35. The lowest BCUT2D eigenvalue weighted by Gasteiger charge is -2.13. The van der Waals surface area contributed by atoms with Crippen molar-refractivity contribution in [2.75, 3.05) is 7.05 Å². The summed E-state index contributed by atoms with van der Waals surface area (Å²) < 4.78 is 1.98. The largest absolute Gasteiger partial charge is 0.313 e. The molecule has 4 heteroatoms. The maximum atomic E-state index is 6.32. The molecule has 0 amide bonds. The van der Waals surface area contributed by atoms with Crippen LogP contribution in [0.2, 0.25) is 5.02 Å². The van der Waals surface area contributed by atoms with Crippen molar-refractivity contribution in [2.24, 2.45) is 0 Å². The van der Waals surface area contributed by atoms with Gasteiger partial charge in [-0.15, -0.1) is 0 Å². The van der Waals surface area contributed by atoms with Gasteiger partial charge in [0.2, 0.25) is 0 Å². The van der Waals surface area contributed by atoms with Crippen molar-refractivity contribution in [3.05, 3.63) is 47.0 Å². The van der Waals surface area contributed by atoms with E-state index in [0.717, 1.165) is 16.5 Å². The SMILES string of the molecule is CNC(C)c1ccc(-n2ccnc2C)c(Cl)c1. The molecule has 90 valence electrons. The molecule has 1 atom stereocenters. The first-order chi connectivity index (χ1) is 8.13. The highest BCUT2D eigenvalue weighted by molar-refractivity contribution is 6.32. The minimum atomic E-state index is 0.297. The first kappa shape index (κ1) is 12.1. The number of benzene rings is 1. The highest BCUT2D eigenvalue weighted by atomic mass is 35.5. The van der Waals surface area contributed by atoms with E-state index < -0.39 is 0 Å². The van der Waals surface area contributed by atoms with Crippen molar-refractivity contribution >= 4 is 11.6 Å². The first-order valence-electron chi connectivity index (χ1n) is 5.60. The van der Waals surface area contributed by atoms with Gasteiger partial charge in [-0.05, 0) is 38.6 Å². The van der Waals surface area contributed by atoms with E-state index >= 15 is 0 Å². The fourth-order valence-electron chi connectivity index (χ4n) is 1.79. The lowest BCUT2D eigenvalue weighted by molar-refractivity contribution is 0.652. The van der Waals surface area contributed by atoms with Crippen LogP contribution in [-0.2, 0) is 0 Å². The van der Waals surface area contributed by atoms with Crippen LogP contribution in [0.1, 0.15) is 24.4 Å². The summed E-state index contributed by atoms with van der Waals surface area (Å²) in [5, 5.41) is 3.94. The third-order valence-corrected chi connectivity index (χ3v) is 3.29. The quantitative estimate of drug-likeness (QED) is 0.906. The summed E-state index contributed by atoms with van der Waals surface area (Å²) in [6, 6.07) is 6.41. The van der Waals surface area contributed by atoms with E-state index in [-0.39, 0.29) is 0 Å². The van der Waals surface area contributed by atoms with Gasteiger partial charge in [0, 0.05) is 18.4 Å². The molecule has 1 unspecified atom stereocenters. The summed E-state index contributed by atoms with van der Waals surface area (Å²) >= 11 is 6.32. The monoisotopic (exact) mass is 249 g/mol. The number of nitrogens with one attached hydrogen (secondary N) is 1. The molecule has 0 fully saturated rings. The summed E-state index contributed by atoms with van der Waals surface area (Å²) in [4.78, 5) is 4.20. The van der Waals surface area contributed by atoms with Crippen LogP contribution in [0.25, 0.3) is 5.69 Å². The van der Waals surface area contributed by atoms with Crippen molar-refractivity contribution in [1.82, 2.24) is 14.9 Å². The number of hydrogen-bond acceptors (Lipinski definition) is 2. The molecule has 2 aromatic rings. The van der Waals surface area contributed by atoms with Crippen molar-refractivity contribution in [3.63, 3.8) is 0 Å². The van der Waals surface area contributed by atoms with Crippen LogP contribution < -0.4 is 5.32 Å². The molecule has 0 aliphatic rings. The summed E-state index contributed by atoms with van der Waals surface area (Å²) in [5.74, 6) is 0.932. The van der Waals surface area contributed by atoms with Crippen LogP contribution in [0, 0.1) is 6.92 Å². The minimum absolute atomic E-state index is 0.297. The number of imidazole rings is 1. The van der Waals surface area contributed by atoms with Gasteiger partial charge in [-0.3, -0.25) is 0 Å². The Balaban J connectivity index is 2.42. The molecule has 0 saturated heterocycles. The van der Waals surface area contributed by atoms with Gasteiger partial charge in [-0.1, -0.05) is 17.7 Å². The Morgan fingerprint density at radius 1 is 1.41 bits per heavy atom. The highest BCUT2D eigenvalue weighted by Gasteiger charge is 2.09. The molecule has 1 aromatic carbocycles. The molecule has 17 heavy (non-hydrogen) atoms. The normalized spacial score (nSPS) is 12.7. The van der Waals surface area contributed by atoms with Crippen molar-refractivity contribution in [2.45, 2.75) is 19.9 Å². The highest BCUT2D eigenvalue weighted by Crippen LogP contribution is 2.25. The number of aryl methyl sites for hydroxylation is 1. The predicted octanol–water partition coefficient (Wildman–Crippen LogP) is 3.11. The van der Waals surface area contributed by atoms with Gasteiger partial charge in [-0.25, -0.2) is 4.98 Å². The van der Waals surface area contributed by atoms with Crippen molar-refractivity contribution in [3.8, 4) is 5.69 Å². The Morgan fingerprint density at radius 3 is 2.71 bits per heavy atom. The Morgan fingerprint density at radius 2 is 2.18 bits per heavy atom. The average Bonchev–Trinajstić information content (AvgIpc) is 2.74. The molecule has 0 spiro atoms. The van der Waals surface area contributed by atoms with E-state index in [1.807, 2.05) is 36.9 Å². The van der Waals surface area contributed by atoms with Gasteiger partial charge in [0.25, 0.3) is 0 Å². The first-order valence-corrected chi connectivity index (χ1v) is 5.98. The van der Waals surface area contributed by atoms with Crippen LogP contribution in [0.5, 0.6) is 0 Å². The number of hydrogen-bond donors (Lipinski definition) is 1. The smallest absolute Gasteiger partial charge is 0.110 e. The molecular formula is C13H16ClN3. The number of rotatable bonds is 3. The van der Waals surface area contributed by atoms with Crippen LogP contribution in [0.4, 0.5) is 0 Å². The van der Waals surface area contributed by atoms with Crippen LogP contribution in [-0.4, -0.2) is 16.6 Å². The van der Waals surface area contributed by atoms with Gasteiger partial charge in [0.1, 0.15) is 5.82 Å².